The van der Waals surface area contributed by atoms with Gasteiger partial charge in [0.05, 0.1) is 5.56 Å². The Bertz CT molecular complexity index is 813. The lowest BCUT2D eigenvalue weighted by atomic mass is 9.79. The Labute approximate surface area is 168 Å². The standard InChI is InChI=1S/C24H32N2O2/c1-19-16-22(20(2)28-19)23(27)26-15-12-24(18-26)11-7-14-25(17-24)13-6-10-21-8-4-3-5-9-21/h3-5,8-9,16H,6-7,10-15,17-18H2,1-2H3. The number of carbonyl (C=O) groups is 1. The van der Waals surface area contributed by atoms with Gasteiger partial charge in [0.25, 0.3) is 5.91 Å². The first-order chi connectivity index (χ1) is 13.5. The first-order valence-corrected chi connectivity index (χ1v) is 10.7. The summed E-state index contributed by atoms with van der Waals surface area (Å²) < 4.78 is 5.57. The van der Waals surface area contributed by atoms with Crippen LogP contribution in [0.25, 0.3) is 0 Å². The van der Waals surface area contributed by atoms with Crippen LogP contribution in [0.15, 0.2) is 40.8 Å². The van der Waals surface area contributed by atoms with Crippen molar-refractivity contribution in [1.29, 1.82) is 0 Å². The average Bonchev–Trinajstić information content (AvgIpc) is 3.25. The fourth-order valence-corrected chi connectivity index (χ4v) is 5.11. The zero-order chi connectivity index (χ0) is 19.6. The lowest BCUT2D eigenvalue weighted by Crippen LogP contribution is -2.45. The second kappa shape index (κ2) is 8.12. The van der Waals surface area contributed by atoms with Crippen LogP contribution < -0.4 is 0 Å². The Balaban J connectivity index is 1.32. The van der Waals surface area contributed by atoms with Gasteiger partial charge in [-0.3, -0.25) is 4.79 Å². The number of hydrogen-bond acceptors (Lipinski definition) is 3. The number of furan rings is 1. The molecule has 1 spiro atoms. The Morgan fingerprint density at radius 2 is 1.93 bits per heavy atom. The maximum atomic E-state index is 13.0. The third-order valence-electron chi connectivity index (χ3n) is 6.52. The number of aryl methyl sites for hydroxylation is 3. The molecule has 4 heteroatoms. The minimum absolute atomic E-state index is 0.146. The van der Waals surface area contributed by atoms with Crippen molar-refractivity contribution in [1.82, 2.24) is 9.80 Å². The van der Waals surface area contributed by atoms with E-state index in [4.69, 9.17) is 4.42 Å². The van der Waals surface area contributed by atoms with Crippen LogP contribution in [-0.4, -0.2) is 48.4 Å². The summed E-state index contributed by atoms with van der Waals surface area (Å²) in [4.78, 5) is 17.7. The molecule has 0 radical (unpaired) electrons. The number of benzene rings is 1. The molecule has 150 valence electrons. The van der Waals surface area contributed by atoms with E-state index in [1.807, 2.05) is 19.9 Å². The smallest absolute Gasteiger partial charge is 0.257 e. The number of likely N-dealkylation sites (tertiary alicyclic amines) is 2. The maximum absolute atomic E-state index is 13.0. The Kier molecular flexibility index (Phi) is 5.58. The van der Waals surface area contributed by atoms with Crippen LogP contribution in [-0.2, 0) is 6.42 Å². The van der Waals surface area contributed by atoms with Gasteiger partial charge < -0.3 is 14.2 Å². The Morgan fingerprint density at radius 3 is 2.68 bits per heavy atom. The fourth-order valence-electron chi connectivity index (χ4n) is 5.11. The highest BCUT2D eigenvalue weighted by Crippen LogP contribution is 2.39. The number of rotatable bonds is 5. The molecule has 28 heavy (non-hydrogen) atoms. The van der Waals surface area contributed by atoms with Crippen LogP contribution in [0.2, 0.25) is 0 Å². The van der Waals surface area contributed by atoms with E-state index in [0.717, 1.165) is 56.1 Å². The molecular formula is C24H32N2O2. The highest BCUT2D eigenvalue weighted by Gasteiger charge is 2.43. The summed E-state index contributed by atoms with van der Waals surface area (Å²) in [7, 11) is 0. The molecule has 2 aliphatic rings. The molecule has 2 aliphatic heterocycles. The molecule has 4 rings (SSSR count). The molecule has 0 aliphatic carbocycles. The third kappa shape index (κ3) is 4.17. The van der Waals surface area contributed by atoms with Gasteiger partial charge in [-0.15, -0.1) is 0 Å². The van der Waals surface area contributed by atoms with Crippen LogP contribution in [0.3, 0.4) is 0 Å². The number of amides is 1. The highest BCUT2D eigenvalue weighted by atomic mass is 16.3. The number of hydrogen-bond donors (Lipinski definition) is 0. The van der Waals surface area contributed by atoms with Crippen molar-refractivity contribution in [2.45, 2.75) is 46.0 Å². The van der Waals surface area contributed by atoms with Crippen LogP contribution in [0, 0.1) is 19.3 Å². The molecule has 2 saturated heterocycles. The fraction of sp³-hybridized carbons (Fsp3) is 0.542. The molecule has 0 saturated carbocycles. The molecule has 1 amide bonds. The van der Waals surface area contributed by atoms with Gasteiger partial charge in [-0.25, -0.2) is 0 Å². The van der Waals surface area contributed by atoms with Crippen LogP contribution in [0.4, 0.5) is 0 Å². The number of nitrogens with zero attached hydrogens (tertiary/aromatic N) is 2. The molecule has 1 unspecified atom stereocenters. The molecule has 1 aromatic carbocycles. The van der Waals surface area contributed by atoms with Crippen molar-refractivity contribution < 1.29 is 9.21 Å². The molecule has 1 aromatic heterocycles. The van der Waals surface area contributed by atoms with E-state index < -0.39 is 0 Å². The van der Waals surface area contributed by atoms with Gasteiger partial charge in [-0.1, -0.05) is 30.3 Å². The third-order valence-corrected chi connectivity index (χ3v) is 6.52. The lowest BCUT2D eigenvalue weighted by molar-refractivity contribution is 0.0687. The molecular weight excluding hydrogens is 348 g/mol. The summed E-state index contributed by atoms with van der Waals surface area (Å²) in [5.41, 5.74) is 2.45. The first kappa shape index (κ1) is 19.3. The number of carbonyl (C=O) groups excluding carboxylic acids is 1. The van der Waals surface area contributed by atoms with Gasteiger partial charge >= 0.3 is 0 Å². The van der Waals surface area contributed by atoms with Gasteiger partial charge in [-0.2, -0.15) is 0 Å². The zero-order valence-corrected chi connectivity index (χ0v) is 17.2. The van der Waals surface area contributed by atoms with Crippen molar-refractivity contribution in [2.24, 2.45) is 5.41 Å². The zero-order valence-electron chi connectivity index (χ0n) is 17.2. The van der Waals surface area contributed by atoms with Crippen LogP contribution >= 0.6 is 0 Å². The number of piperidine rings is 1. The average molecular weight is 381 g/mol. The van der Waals surface area contributed by atoms with Crippen LogP contribution in [0.1, 0.15) is 53.1 Å². The summed E-state index contributed by atoms with van der Waals surface area (Å²) in [6.07, 6.45) is 5.97. The monoisotopic (exact) mass is 380 g/mol. The van der Waals surface area contributed by atoms with Gasteiger partial charge in [-0.05, 0) is 70.7 Å². The lowest BCUT2D eigenvalue weighted by Gasteiger charge is -2.40. The molecule has 2 fully saturated rings. The van der Waals surface area contributed by atoms with Gasteiger partial charge in [0.15, 0.2) is 0 Å². The van der Waals surface area contributed by atoms with Crippen molar-refractivity contribution in [3.63, 3.8) is 0 Å². The Morgan fingerprint density at radius 1 is 1.11 bits per heavy atom. The van der Waals surface area contributed by atoms with Gasteiger partial charge in [0.2, 0.25) is 0 Å². The van der Waals surface area contributed by atoms with Crippen LogP contribution in [0.5, 0.6) is 0 Å². The summed E-state index contributed by atoms with van der Waals surface area (Å²) in [5, 5.41) is 0. The minimum Gasteiger partial charge on any atom is -0.466 e. The first-order valence-electron chi connectivity index (χ1n) is 10.7. The molecule has 3 heterocycles. The predicted molar refractivity (Wildman–Crippen MR) is 112 cm³/mol. The van der Waals surface area contributed by atoms with Crippen molar-refractivity contribution in [2.75, 3.05) is 32.7 Å². The minimum atomic E-state index is 0.146. The van der Waals surface area contributed by atoms with E-state index >= 15 is 0 Å². The van der Waals surface area contributed by atoms with Crippen molar-refractivity contribution in [3.05, 3.63) is 59.0 Å². The highest BCUT2D eigenvalue weighted by molar-refractivity contribution is 5.95. The summed E-state index contributed by atoms with van der Waals surface area (Å²) in [6, 6.07) is 12.7. The largest absolute Gasteiger partial charge is 0.466 e. The van der Waals surface area contributed by atoms with E-state index in [0.29, 0.717) is 0 Å². The molecule has 2 aromatic rings. The Hall–Kier alpha value is -2.07. The molecule has 0 N–H and O–H groups in total. The summed E-state index contributed by atoms with van der Waals surface area (Å²) in [5.74, 6) is 1.71. The topological polar surface area (TPSA) is 36.7 Å². The molecule has 4 nitrogen and oxygen atoms in total. The second-order valence-corrected chi connectivity index (χ2v) is 8.77. The van der Waals surface area contributed by atoms with E-state index in [-0.39, 0.29) is 11.3 Å². The van der Waals surface area contributed by atoms with E-state index in [1.165, 1.54) is 31.4 Å². The van der Waals surface area contributed by atoms with Crippen molar-refractivity contribution in [3.8, 4) is 0 Å². The summed E-state index contributed by atoms with van der Waals surface area (Å²) >= 11 is 0. The summed E-state index contributed by atoms with van der Waals surface area (Å²) in [6.45, 7) is 9.06. The normalized spacial score (nSPS) is 22.9. The van der Waals surface area contributed by atoms with Gasteiger partial charge in [0, 0.05) is 25.0 Å². The van der Waals surface area contributed by atoms with Gasteiger partial charge in [0.1, 0.15) is 11.5 Å². The molecule has 0 bridgehead atoms. The predicted octanol–water partition coefficient (Wildman–Crippen LogP) is 4.46. The SMILES string of the molecule is Cc1cc(C(=O)N2CCC3(CCCN(CCCc4ccccc4)C3)C2)c(C)o1. The second-order valence-electron chi connectivity index (χ2n) is 8.77. The van der Waals surface area contributed by atoms with E-state index in [2.05, 4.69) is 40.1 Å². The maximum Gasteiger partial charge on any atom is 0.257 e. The quantitative estimate of drug-likeness (QED) is 0.769. The van der Waals surface area contributed by atoms with Crippen molar-refractivity contribution >= 4 is 5.91 Å². The van der Waals surface area contributed by atoms with E-state index in [9.17, 15) is 4.79 Å². The molecule has 1 atom stereocenters. The van der Waals surface area contributed by atoms with E-state index in [1.54, 1.807) is 0 Å².